The second kappa shape index (κ2) is 4.02. The molecule has 0 aromatic heterocycles. The molecule has 0 saturated carbocycles. The summed E-state index contributed by atoms with van der Waals surface area (Å²) >= 11 is 0. The molecule has 16 heteroatoms. The van der Waals surface area contributed by atoms with Crippen LogP contribution in [-0.4, -0.2) is 47.6 Å². The van der Waals surface area contributed by atoms with Crippen molar-refractivity contribution in [3.05, 3.63) is 0 Å². The van der Waals surface area contributed by atoms with Gasteiger partial charge in [-0.25, -0.2) is 0 Å². The topological polar surface area (TPSA) is 25.1 Å². The quantitative estimate of drug-likeness (QED) is 0.494. The van der Waals surface area contributed by atoms with E-state index >= 15 is 0 Å². The summed E-state index contributed by atoms with van der Waals surface area (Å²) in [4.78, 5) is 0. The van der Waals surface area contributed by atoms with E-state index in [-0.39, 0.29) is 0 Å². The second-order valence-corrected chi connectivity index (χ2v) is 4.75. The third-order valence-corrected chi connectivity index (χ3v) is 3.43. The standard InChI is InChI=1S/C8F14O2/c9-3(7(17,18)19)1(23-3,5(11,12)13)2(6(14,15)16)4(10,24-2)8(20,21)22/t1-,2-,3-,4-/m1/s1. The van der Waals surface area contributed by atoms with Crippen LogP contribution in [0, 0.1) is 0 Å². The Bertz CT molecular complexity index is 507. The van der Waals surface area contributed by atoms with Gasteiger partial charge in [-0.2, -0.15) is 61.5 Å². The molecule has 2 aliphatic heterocycles. The molecule has 0 unspecified atom stereocenters. The highest BCUT2D eigenvalue weighted by molar-refractivity contribution is 5.39. The molecule has 0 spiro atoms. The van der Waals surface area contributed by atoms with Gasteiger partial charge in [-0.15, -0.1) is 0 Å². The van der Waals surface area contributed by atoms with E-state index in [2.05, 4.69) is 9.47 Å². The first-order chi connectivity index (χ1) is 10.2. The molecule has 0 bridgehead atoms. The van der Waals surface area contributed by atoms with Gasteiger partial charge in [0.15, 0.2) is 0 Å². The van der Waals surface area contributed by atoms with Gasteiger partial charge in [0.1, 0.15) is 0 Å². The fraction of sp³-hybridized carbons (Fsp3) is 1.00. The SMILES string of the molecule is FC(F)(F)[C@]1([C@@]2(C(F)(F)F)O[C@@]2(F)C(F)(F)F)O[C@@]1(F)C(F)(F)F. The molecule has 0 aliphatic carbocycles. The molecular formula is C8F14O2. The van der Waals surface area contributed by atoms with Crippen LogP contribution in [0.15, 0.2) is 0 Å². The van der Waals surface area contributed by atoms with Crippen LogP contribution in [0.25, 0.3) is 0 Å². The summed E-state index contributed by atoms with van der Waals surface area (Å²) in [5, 5.41) is 0. The van der Waals surface area contributed by atoms with Crippen LogP contribution in [0.5, 0.6) is 0 Å². The molecule has 142 valence electrons. The van der Waals surface area contributed by atoms with Crippen molar-refractivity contribution in [3.8, 4) is 0 Å². The summed E-state index contributed by atoms with van der Waals surface area (Å²) in [6.07, 6.45) is -27.9. The maximum atomic E-state index is 13.4. The van der Waals surface area contributed by atoms with Crippen molar-refractivity contribution in [1.82, 2.24) is 0 Å². The average Bonchev–Trinajstić information content (AvgIpc) is 3.07. The molecule has 0 amide bonds. The van der Waals surface area contributed by atoms with Gasteiger partial charge in [-0.05, 0) is 0 Å². The molecule has 0 aromatic rings. The minimum absolute atomic E-state index is 2.46. The molecular weight excluding hydrogens is 394 g/mol. The number of ether oxygens (including phenoxy) is 2. The molecule has 2 aliphatic rings. The van der Waals surface area contributed by atoms with Gasteiger partial charge in [0, 0.05) is 0 Å². The Balaban J connectivity index is 2.77. The Hall–Kier alpha value is -1.06. The number of hydrogen-bond donors (Lipinski definition) is 0. The first-order valence-electron chi connectivity index (χ1n) is 5.21. The van der Waals surface area contributed by atoms with E-state index in [9.17, 15) is 61.5 Å². The molecule has 2 nitrogen and oxygen atoms in total. The minimum Gasteiger partial charge on any atom is -0.310 e. The lowest BCUT2D eigenvalue weighted by Crippen LogP contribution is -2.64. The molecule has 2 rings (SSSR count). The Morgan fingerprint density at radius 1 is 0.417 bits per heavy atom. The highest BCUT2D eigenvalue weighted by Crippen LogP contribution is 2.82. The van der Waals surface area contributed by atoms with E-state index in [1.807, 2.05) is 0 Å². The van der Waals surface area contributed by atoms with E-state index in [1.165, 1.54) is 0 Å². The number of alkyl halides is 14. The Labute approximate surface area is 120 Å². The highest BCUT2D eigenvalue weighted by atomic mass is 19.4. The predicted octanol–water partition coefficient (Wildman–Crippen LogP) is 4.11. The highest BCUT2D eigenvalue weighted by Gasteiger charge is 3.15. The number of epoxide rings is 2. The third kappa shape index (κ3) is 1.70. The van der Waals surface area contributed by atoms with Gasteiger partial charge in [-0.3, -0.25) is 0 Å². The summed E-state index contributed by atoms with van der Waals surface area (Å²) in [6, 6.07) is 0. The van der Waals surface area contributed by atoms with Crippen molar-refractivity contribution in [2.75, 3.05) is 0 Å². The summed E-state index contributed by atoms with van der Waals surface area (Å²) in [7, 11) is 0. The van der Waals surface area contributed by atoms with Crippen LogP contribution in [0.1, 0.15) is 0 Å². The largest absolute Gasteiger partial charge is 0.452 e. The molecule has 0 radical (unpaired) electrons. The number of hydrogen-bond acceptors (Lipinski definition) is 2. The third-order valence-electron chi connectivity index (χ3n) is 3.43. The number of rotatable bonds is 1. The summed E-state index contributed by atoms with van der Waals surface area (Å²) in [5.41, 5.74) is -12.7. The Kier molecular flexibility index (Phi) is 3.22. The van der Waals surface area contributed by atoms with Crippen LogP contribution in [0.3, 0.4) is 0 Å². The van der Waals surface area contributed by atoms with Crippen LogP contribution in [-0.2, 0) is 9.47 Å². The van der Waals surface area contributed by atoms with Crippen molar-refractivity contribution in [1.29, 1.82) is 0 Å². The van der Waals surface area contributed by atoms with Crippen LogP contribution in [0.2, 0.25) is 0 Å². The van der Waals surface area contributed by atoms with Gasteiger partial charge in [0.05, 0.1) is 0 Å². The van der Waals surface area contributed by atoms with E-state index in [4.69, 9.17) is 0 Å². The first-order valence-corrected chi connectivity index (χ1v) is 5.21. The summed E-state index contributed by atoms with van der Waals surface area (Å²) in [6.45, 7) is 0. The maximum absolute atomic E-state index is 13.4. The number of halogens is 14. The van der Waals surface area contributed by atoms with E-state index in [0.29, 0.717) is 0 Å². The van der Waals surface area contributed by atoms with Gasteiger partial charge >= 0.3 is 36.4 Å². The first kappa shape index (κ1) is 19.3. The molecule has 0 N–H and O–H groups in total. The zero-order valence-electron chi connectivity index (χ0n) is 10.1. The van der Waals surface area contributed by atoms with Gasteiger partial charge in [0.25, 0.3) is 11.2 Å². The van der Waals surface area contributed by atoms with Crippen molar-refractivity contribution >= 4 is 0 Å². The zero-order chi connectivity index (χ0) is 19.4. The minimum atomic E-state index is -7.08. The normalized spacial score (nSPS) is 43.8. The zero-order valence-corrected chi connectivity index (χ0v) is 10.1. The second-order valence-electron chi connectivity index (χ2n) is 4.75. The summed E-state index contributed by atoms with van der Waals surface area (Å²) < 4.78 is 182. The predicted molar refractivity (Wildman–Crippen MR) is 39.5 cm³/mol. The molecule has 24 heavy (non-hydrogen) atoms. The van der Waals surface area contributed by atoms with E-state index in [0.717, 1.165) is 0 Å². The van der Waals surface area contributed by atoms with Crippen molar-refractivity contribution in [3.63, 3.8) is 0 Å². The molecule has 0 aromatic carbocycles. The van der Waals surface area contributed by atoms with Crippen molar-refractivity contribution in [2.45, 2.75) is 47.6 Å². The molecule has 2 saturated heterocycles. The average molecular weight is 394 g/mol. The van der Waals surface area contributed by atoms with Crippen molar-refractivity contribution < 1.29 is 70.9 Å². The monoisotopic (exact) mass is 394 g/mol. The lowest BCUT2D eigenvalue weighted by atomic mass is 9.81. The fourth-order valence-electron chi connectivity index (χ4n) is 2.36. The maximum Gasteiger partial charge on any atom is 0.452 e. The van der Waals surface area contributed by atoms with Gasteiger partial charge in [-0.1, -0.05) is 0 Å². The lowest BCUT2D eigenvalue weighted by Gasteiger charge is -2.28. The Morgan fingerprint density at radius 3 is 0.708 bits per heavy atom. The smallest absolute Gasteiger partial charge is 0.310 e. The van der Waals surface area contributed by atoms with Crippen LogP contribution < -0.4 is 0 Å². The van der Waals surface area contributed by atoms with Gasteiger partial charge in [0.2, 0.25) is 0 Å². The lowest BCUT2D eigenvalue weighted by molar-refractivity contribution is -0.292. The van der Waals surface area contributed by atoms with Crippen LogP contribution >= 0.6 is 0 Å². The van der Waals surface area contributed by atoms with E-state index < -0.39 is 47.6 Å². The fourth-order valence-corrected chi connectivity index (χ4v) is 2.36. The van der Waals surface area contributed by atoms with Crippen LogP contribution in [0.4, 0.5) is 61.5 Å². The summed E-state index contributed by atoms with van der Waals surface area (Å²) in [5.74, 6) is -12.6. The molecule has 4 atom stereocenters. The molecule has 2 fully saturated rings. The Morgan fingerprint density at radius 2 is 0.625 bits per heavy atom. The molecule has 2 heterocycles. The van der Waals surface area contributed by atoms with Crippen molar-refractivity contribution in [2.24, 2.45) is 0 Å². The van der Waals surface area contributed by atoms with E-state index in [1.54, 1.807) is 0 Å². The van der Waals surface area contributed by atoms with Gasteiger partial charge < -0.3 is 9.47 Å².